The van der Waals surface area contributed by atoms with Crippen molar-refractivity contribution in [3.8, 4) is 34.0 Å². The minimum absolute atomic E-state index is 0.0110. The summed E-state index contributed by atoms with van der Waals surface area (Å²) in [6.45, 7) is 3.78. The molecule has 0 N–H and O–H groups in total. The number of alkyl halides is 3. The Morgan fingerprint density at radius 2 is 1.90 bits per heavy atom. The van der Waals surface area contributed by atoms with Crippen molar-refractivity contribution < 1.29 is 32.2 Å². The summed E-state index contributed by atoms with van der Waals surface area (Å²) in [4.78, 5) is 27.7. The van der Waals surface area contributed by atoms with E-state index in [4.69, 9.17) is 9.47 Å². The molecule has 0 amide bonds. The molecule has 0 bridgehead atoms. The number of halogens is 3. The Morgan fingerprint density at radius 1 is 1.20 bits per heavy atom. The van der Waals surface area contributed by atoms with Gasteiger partial charge in [0, 0.05) is 30.9 Å². The number of rotatable bonds is 4. The second kappa shape index (κ2) is 7.90. The number of thiazole rings is 1. The molecule has 0 saturated heterocycles. The van der Waals surface area contributed by atoms with Crippen LogP contribution in [0, 0.1) is 6.92 Å². The average molecular weight is 439 g/mol. The van der Waals surface area contributed by atoms with Gasteiger partial charge in [0.1, 0.15) is 17.2 Å². The summed E-state index contributed by atoms with van der Waals surface area (Å²) in [6.07, 6.45) is -4.89. The first-order chi connectivity index (χ1) is 14.0. The highest BCUT2D eigenvalue weighted by Crippen LogP contribution is 2.45. The number of hydrogen-bond donors (Lipinski definition) is 0. The molecule has 30 heavy (non-hydrogen) atoms. The fourth-order valence-electron chi connectivity index (χ4n) is 2.88. The standard InChI is InChI=1S/C19H16F3N3O4S/c1-9-23-14(8-30-9)16-17(24-25(10(2)26)18(16)19(20,21)22)13-6-5-12(28-4)7-15(13)29-11(3)27/h5-8H,1-4H3. The van der Waals surface area contributed by atoms with Gasteiger partial charge in [-0.1, -0.05) is 0 Å². The van der Waals surface area contributed by atoms with E-state index in [0.29, 0.717) is 15.4 Å². The molecule has 3 rings (SSSR count). The SMILES string of the molecule is COc1ccc(-c2nn(C(C)=O)c(C(F)(F)F)c2-c2csc(C)n2)c(OC(C)=O)c1. The number of benzene rings is 1. The Bertz CT molecular complexity index is 1130. The summed E-state index contributed by atoms with van der Waals surface area (Å²) >= 11 is 1.16. The van der Waals surface area contributed by atoms with Crippen LogP contribution in [0.5, 0.6) is 11.5 Å². The molecule has 0 aliphatic rings. The third-order valence-corrected chi connectivity index (χ3v) is 4.80. The molecule has 0 radical (unpaired) electrons. The van der Waals surface area contributed by atoms with Gasteiger partial charge in [-0.15, -0.1) is 11.3 Å². The van der Waals surface area contributed by atoms with Gasteiger partial charge in [-0.05, 0) is 19.1 Å². The van der Waals surface area contributed by atoms with Crippen LogP contribution in [-0.4, -0.2) is 33.8 Å². The second-order valence-corrected chi connectivity index (χ2v) is 7.27. The maximum absolute atomic E-state index is 14.0. The topological polar surface area (TPSA) is 83.3 Å². The molecule has 7 nitrogen and oxygen atoms in total. The lowest BCUT2D eigenvalue weighted by Gasteiger charge is -2.11. The van der Waals surface area contributed by atoms with Crippen molar-refractivity contribution in [1.29, 1.82) is 0 Å². The van der Waals surface area contributed by atoms with Crippen molar-refractivity contribution >= 4 is 23.2 Å². The highest BCUT2D eigenvalue weighted by Gasteiger charge is 2.42. The molecule has 11 heteroatoms. The number of methoxy groups -OCH3 is 1. The van der Waals surface area contributed by atoms with Crippen LogP contribution >= 0.6 is 11.3 Å². The fraction of sp³-hybridized carbons (Fsp3) is 0.263. The maximum atomic E-state index is 14.0. The number of esters is 1. The van der Waals surface area contributed by atoms with Crippen LogP contribution in [0.3, 0.4) is 0 Å². The van der Waals surface area contributed by atoms with Crippen molar-refractivity contribution in [2.24, 2.45) is 0 Å². The van der Waals surface area contributed by atoms with Crippen molar-refractivity contribution in [2.75, 3.05) is 7.11 Å². The Morgan fingerprint density at radius 3 is 2.40 bits per heavy atom. The Balaban J connectivity index is 2.41. The summed E-state index contributed by atoms with van der Waals surface area (Å²) in [5, 5.41) is 5.92. The van der Waals surface area contributed by atoms with Crippen LogP contribution < -0.4 is 9.47 Å². The van der Waals surface area contributed by atoms with Crippen LogP contribution in [-0.2, 0) is 11.0 Å². The van der Waals surface area contributed by atoms with Crippen molar-refractivity contribution in [1.82, 2.24) is 14.8 Å². The zero-order valence-electron chi connectivity index (χ0n) is 16.3. The third kappa shape index (κ3) is 4.06. The summed E-state index contributed by atoms with van der Waals surface area (Å²) in [5.41, 5.74) is -1.73. The number of hydrogen-bond acceptors (Lipinski definition) is 7. The van der Waals surface area contributed by atoms with Crippen LogP contribution in [0.2, 0.25) is 0 Å². The van der Waals surface area contributed by atoms with E-state index in [1.165, 1.54) is 30.7 Å². The number of aryl methyl sites for hydroxylation is 1. The van der Waals surface area contributed by atoms with E-state index in [9.17, 15) is 22.8 Å². The van der Waals surface area contributed by atoms with Crippen LogP contribution in [0.25, 0.3) is 22.5 Å². The molecule has 0 saturated carbocycles. The van der Waals surface area contributed by atoms with Gasteiger partial charge in [-0.25, -0.2) is 4.98 Å². The predicted octanol–water partition coefficient (Wildman–Crippen LogP) is 4.59. The van der Waals surface area contributed by atoms with Gasteiger partial charge in [0.15, 0.2) is 5.69 Å². The molecule has 0 spiro atoms. The first-order valence-electron chi connectivity index (χ1n) is 8.53. The largest absolute Gasteiger partial charge is 0.497 e. The number of ether oxygens (including phenoxy) is 2. The van der Waals surface area contributed by atoms with E-state index >= 15 is 0 Å². The molecule has 3 aromatic rings. The first kappa shape index (κ1) is 21.5. The molecular weight excluding hydrogens is 423 g/mol. The molecule has 158 valence electrons. The van der Waals surface area contributed by atoms with Crippen LogP contribution in [0.15, 0.2) is 23.6 Å². The molecule has 0 fully saturated rings. The number of nitrogens with zero attached hydrogens (tertiary/aromatic N) is 3. The zero-order chi connectivity index (χ0) is 22.2. The highest BCUT2D eigenvalue weighted by atomic mass is 32.1. The quantitative estimate of drug-likeness (QED) is 0.437. The number of carbonyl (C=O) groups is 2. The first-order valence-corrected chi connectivity index (χ1v) is 9.41. The van der Waals surface area contributed by atoms with Crippen LogP contribution in [0.1, 0.15) is 29.3 Å². The van der Waals surface area contributed by atoms with Gasteiger partial charge in [0.05, 0.1) is 23.4 Å². The lowest BCUT2D eigenvalue weighted by atomic mass is 10.0. The Labute approximate surface area is 173 Å². The molecule has 0 atom stereocenters. The normalized spacial score (nSPS) is 11.4. The smallest absolute Gasteiger partial charge is 0.434 e. The van der Waals surface area contributed by atoms with Gasteiger partial charge in [-0.3, -0.25) is 9.59 Å². The lowest BCUT2D eigenvalue weighted by Crippen LogP contribution is -2.19. The third-order valence-electron chi connectivity index (χ3n) is 4.02. The van der Waals surface area contributed by atoms with Gasteiger partial charge >= 0.3 is 12.1 Å². The minimum Gasteiger partial charge on any atom is -0.497 e. The lowest BCUT2D eigenvalue weighted by molar-refractivity contribution is -0.142. The van der Waals surface area contributed by atoms with Crippen molar-refractivity contribution in [3.05, 3.63) is 34.3 Å². The van der Waals surface area contributed by atoms with Gasteiger partial charge < -0.3 is 9.47 Å². The monoisotopic (exact) mass is 439 g/mol. The Kier molecular flexibility index (Phi) is 5.66. The second-order valence-electron chi connectivity index (χ2n) is 6.21. The molecular formula is C19H16F3N3O4S. The molecule has 0 aliphatic heterocycles. The van der Waals surface area contributed by atoms with E-state index in [1.54, 1.807) is 6.92 Å². The molecule has 0 aliphatic carbocycles. The minimum atomic E-state index is -4.89. The van der Waals surface area contributed by atoms with Gasteiger partial charge in [0.25, 0.3) is 0 Å². The molecule has 2 heterocycles. The number of aromatic nitrogens is 3. The molecule has 2 aromatic heterocycles. The van der Waals surface area contributed by atoms with E-state index in [2.05, 4.69) is 10.1 Å². The summed E-state index contributed by atoms with van der Waals surface area (Å²) in [7, 11) is 1.39. The molecule has 0 unspecified atom stereocenters. The Hall–Kier alpha value is -3.21. The van der Waals surface area contributed by atoms with Gasteiger partial charge in [0.2, 0.25) is 5.91 Å². The highest BCUT2D eigenvalue weighted by molar-refractivity contribution is 7.09. The molecule has 1 aromatic carbocycles. The predicted molar refractivity (Wildman–Crippen MR) is 103 cm³/mol. The van der Waals surface area contributed by atoms with E-state index in [0.717, 1.165) is 25.2 Å². The van der Waals surface area contributed by atoms with E-state index in [-0.39, 0.29) is 28.3 Å². The summed E-state index contributed by atoms with van der Waals surface area (Å²) < 4.78 is 52.5. The average Bonchev–Trinajstić information content (AvgIpc) is 3.24. The summed E-state index contributed by atoms with van der Waals surface area (Å²) in [5.74, 6) is -1.35. The van der Waals surface area contributed by atoms with E-state index < -0.39 is 23.7 Å². The van der Waals surface area contributed by atoms with Gasteiger partial charge in [-0.2, -0.15) is 23.0 Å². The van der Waals surface area contributed by atoms with Crippen LogP contribution in [0.4, 0.5) is 13.2 Å². The van der Waals surface area contributed by atoms with Crippen molar-refractivity contribution in [3.63, 3.8) is 0 Å². The fourth-order valence-corrected chi connectivity index (χ4v) is 3.49. The van der Waals surface area contributed by atoms with Crippen molar-refractivity contribution in [2.45, 2.75) is 26.9 Å². The van der Waals surface area contributed by atoms with E-state index in [1.807, 2.05) is 0 Å². The maximum Gasteiger partial charge on any atom is 0.434 e. The number of carbonyl (C=O) groups excluding carboxylic acids is 2. The summed E-state index contributed by atoms with van der Waals surface area (Å²) in [6, 6.07) is 4.25. The zero-order valence-corrected chi connectivity index (χ0v) is 17.1.